The molecule has 4 aromatic heterocycles. The van der Waals surface area contributed by atoms with Crippen LogP contribution in [0.15, 0.2) is 97.2 Å². The molecule has 0 N–H and O–H groups in total. The molecule has 0 radical (unpaired) electrons. The molecule has 0 bridgehead atoms. The van der Waals surface area contributed by atoms with E-state index in [1.54, 1.807) is 0 Å². The van der Waals surface area contributed by atoms with Gasteiger partial charge in [0.05, 0.1) is 44.8 Å². The third-order valence-corrected chi connectivity index (χ3v) is 10.9. The van der Waals surface area contributed by atoms with Crippen LogP contribution < -0.4 is 4.74 Å². The predicted octanol–water partition coefficient (Wildman–Crippen LogP) is 11.1. The second-order valence-electron chi connectivity index (χ2n) is 14.3. The first-order valence-corrected chi connectivity index (χ1v) is 17.8. The molecule has 0 aliphatic heterocycles. The Morgan fingerprint density at radius 3 is 1.92 bits per heavy atom. The molecule has 4 heterocycles. The van der Waals surface area contributed by atoms with Gasteiger partial charge in [0, 0.05) is 45.9 Å². The predicted molar refractivity (Wildman–Crippen MR) is 212 cm³/mol. The highest BCUT2D eigenvalue weighted by molar-refractivity contribution is 6.12. The highest BCUT2D eigenvalue weighted by Gasteiger charge is 2.20. The number of aryl methyl sites for hydroxylation is 7. The zero-order valence-electron chi connectivity index (χ0n) is 30.8. The van der Waals surface area contributed by atoms with Gasteiger partial charge >= 0.3 is 0 Å². The number of benzene rings is 5. The van der Waals surface area contributed by atoms with Gasteiger partial charge in [0.25, 0.3) is 0 Å². The summed E-state index contributed by atoms with van der Waals surface area (Å²) in [5, 5.41) is 13.5. The minimum absolute atomic E-state index is 0.739. The SMILES string of the molecule is Cc1cc(Oc2ccc3c4cc(C)ccc4n(-c4cc(-n5c6c(C)c(C)ccc6c6ccc(C)c(C)c65)ccn4)c3c2)cc(-n2nnc(C)c2C)c1. The first kappa shape index (κ1) is 31.7. The lowest BCUT2D eigenvalue weighted by atomic mass is 10.0. The lowest BCUT2D eigenvalue weighted by Crippen LogP contribution is -2.03. The van der Waals surface area contributed by atoms with Crippen molar-refractivity contribution >= 4 is 43.6 Å². The molecule has 0 aliphatic carbocycles. The molecule has 5 aromatic carbocycles. The first-order chi connectivity index (χ1) is 25.1. The number of hydrogen-bond donors (Lipinski definition) is 0. The monoisotopic (exact) mass is 680 g/mol. The molecule has 0 unspecified atom stereocenters. The molecular weight excluding hydrogens is 641 g/mol. The van der Waals surface area contributed by atoms with Crippen molar-refractivity contribution in [3.05, 3.63) is 142 Å². The normalized spacial score (nSPS) is 11.8. The molecule has 0 fully saturated rings. The van der Waals surface area contributed by atoms with Crippen LogP contribution in [0.25, 0.3) is 60.8 Å². The number of pyridine rings is 1. The number of hydrogen-bond acceptors (Lipinski definition) is 4. The van der Waals surface area contributed by atoms with Gasteiger partial charge in [-0.3, -0.25) is 4.57 Å². The molecule has 9 rings (SSSR count). The van der Waals surface area contributed by atoms with Crippen LogP contribution in [0.1, 0.15) is 44.8 Å². The maximum atomic E-state index is 6.62. The van der Waals surface area contributed by atoms with E-state index in [-0.39, 0.29) is 0 Å². The van der Waals surface area contributed by atoms with Gasteiger partial charge in [-0.05, 0) is 126 Å². The molecule has 0 saturated heterocycles. The zero-order valence-corrected chi connectivity index (χ0v) is 30.8. The van der Waals surface area contributed by atoms with Crippen LogP contribution in [0.2, 0.25) is 0 Å². The van der Waals surface area contributed by atoms with Crippen molar-refractivity contribution in [1.29, 1.82) is 0 Å². The van der Waals surface area contributed by atoms with Gasteiger partial charge in [0.2, 0.25) is 0 Å². The number of fused-ring (bicyclic) bond motifs is 6. The summed E-state index contributed by atoms with van der Waals surface area (Å²) in [7, 11) is 0. The van der Waals surface area contributed by atoms with Gasteiger partial charge in [-0.1, -0.05) is 41.1 Å². The largest absolute Gasteiger partial charge is 0.457 e. The van der Waals surface area contributed by atoms with Crippen molar-refractivity contribution in [3.63, 3.8) is 0 Å². The van der Waals surface area contributed by atoms with Crippen LogP contribution in [0.4, 0.5) is 0 Å². The fourth-order valence-corrected chi connectivity index (χ4v) is 7.77. The quantitative estimate of drug-likeness (QED) is 0.181. The Hall–Kier alpha value is -6.21. The van der Waals surface area contributed by atoms with E-state index in [4.69, 9.17) is 9.72 Å². The van der Waals surface area contributed by atoms with Crippen LogP contribution >= 0.6 is 0 Å². The molecule has 0 spiro atoms. The summed E-state index contributed by atoms with van der Waals surface area (Å²) >= 11 is 0. The van der Waals surface area contributed by atoms with E-state index in [1.165, 1.54) is 55.0 Å². The van der Waals surface area contributed by atoms with Crippen molar-refractivity contribution in [2.45, 2.75) is 55.4 Å². The Labute approximate surface area is 302 Å². The van der Waals surface area contributed by atoms with Gasteiger partial charge in [-0.25, -0.2) is 9.67 Å². The van der Waals surface area contributed by atoms with E-state index >= 15 is 0 Å². The minimum Gasteiger partial charge on any atom is -0.457 e. The molecule has 0 amide bonds. The molecule has 256 valence electrons. The van der Waals surface area contributed by atoms with Crippen LogP contribution in [0, 0.1) is 55.4 Å². The molecule has 0 saturated carbocycles. The smallest absolute Gasteiger partial charge is 0.139 e. The number of aromatic nitrogens is 6. The number of nitrogens with zero attached hydrogens (tertiary/aromatic N) is 6. The third-order valence-electron chi connectivity index (χ3n) is 10.9. The summed E-state index contributed by atoms with van der Waals surface area (Å²) < 4.78 is 13.2. The first-order valence-electron chi connectivity index (χ1n) is 17.8. The van der Waals surface area contributed by atoms with Crippen LogP contribution in [-0.2, 0) is 0 Å². The standard InChI is InChI=1S/C45H40N6O/c1-25-9-16-41-40(21-25)37-15-12-35(52-36-20-26(2)19-34(22-36)51-32(8)31(7)47-48-51)24-42(37)50(41)43-23-33(17-18-46-43)49-44-29(5)27(3)10-13-38(44)39-14-11-28(4)30(6)45(39)49/h9-24H,1-8H3. The van der Waals surface area contributed by atoms with Gasteiger partial charge in [0.15, 0.2) is 0 Å². The maximum absolute atomic E-state index is 6.62. The molecule has 7 nitrogen and oxygen atoms in total. The summed E-state index contributed by atoms with van der Waals surface area (Å²) in [5.41, 5.74) is 15.9. The van der Waals surface area contributed by atoms with Crippen molar-refractivity contribution in [3.8, 4) is 28.7 Å². The minimum atomic E-state index is 0.739. The van der Waals surface area contributed by atoms with E-state index in [0.717, 1.165) is 62.1 Å². The zero-order chi connectivity index (χ0) is 36.0. The molecule has 52 heavy (non-hydrogen) atoms. The summed E-state index contributed by atoms with van der Waals surface area (Å²) in [6.07, 6.45) is 1.94. The molecule has 7 heteroatoms. The lowest BCUT2D eigenvalue weighted by Gasteiger charge is -2.15. The summed E-state index contributed by atoms with van der Waals surface area (Å²) in [6, 6.07) is 32.5. The van der Waals surface area contributed by atoms with Crippen molar-refractivity contribution in [2.75, 3.05) is 0 Å². The molecular formula is C45H40N6O. The van der Waals surface area contributed by atoms with E-state index in [0.29, 0.717) is 0 Å². The Morgan fingerprint density at radius 1 is 0.519 bits per heavy atom. The van der Waals surface area contributed by atoms with Crippen LogP contribution in [-0.4, -0.2) is 29.1 Å². The second-order valence-corrected chi connectivity index (χ2v) is 14.3. The van der Waals surface area contributed by atoms with E-state index in [1.807, 2.05) is 30.8 Å². The van der Waals surface area contributed by atoms with Gasteiger partial charge in [-0.15, -0.1) is 5.10 Å². The molecule has 0 atom stereocenters. The Morgan fingerprint density at radius 2 is 1.23 bits per heavy atom. The maximum Gasteiger partial charge on any atom is 0.139 e. The van der Waals surface area contributed by atoms with Gasteiger partial charge in [0.1, 0.15) is 17.3 Å². The van der Waals surface area contributed by atoms with E-state index in [2.05, 4.69) is 146 Å². The highest BCUT2D eigenvalue weighted by atomic mass is 16.5. The number of rotatable bonds is 5. The Bertz CT molecular complexity index is 2860. The fourth-order valence-electron chi connectivity index (χ4n) is 7.77. The second kappa shape index (κ2) is 11.7. The highest BCUT2D eigenvalue weighted by Crippen LogP contribution is 2.39. The van der Waals surface area contributed by atoms with E-state index in [9.17, 15) is 0 Å². The average molecular weight is 681 g/mol. The number of ether oxygens (including phenoxy) is 1. The van der Waals surface area contributed by atoms with E-state index < -0.39 is 0 Å². The fraction of sp³-hybridized carbons (Fsp3) is 0.178. The van der Waals surface area contributed by atoms with Gasteiger partial charge < -0.3 is 9.30 Å². The Kier molecular flexibility index (Phi) is 7.12. The Balaban J connectivity index is 1.24. The van der Waals surface area contributed by atoms with Crippen molar-refractivity contribution in [2.24, 2.45) is 0 Å². The lowest BCUT2D eigenvalue weighted by molar-refractivity contribution is 0.482. The summed E-state index contributed by atoms with van der Waals surface area (Å²) in [4.78, 5) is 5.03. The van der Waals surface area contributed by atoms with Crippen LogP contribution in [0.5, 0.6) is 11.5 Å². The third kappa shape index (κ3) is 4.83. The average Bonchev–Trinajstić information content (AvgIpc) is 3.76. The summed E-state index contributed by atoms with van der Waals surface area (Å²) in [5.74, 6) is 2.33. The van der Waals surface area contributed by atoms with Crippen molar-refractivity contribution in [1.82, 2.24) is 29.1 Å². The van der Waals surface area contributed by atoms with Crippen molar-refractivity contribution < 1.29 is 4.74 Å². The van der Waals surface area contributed by atoms with Gasteiger partial charge in [-0.2, -0.15) is 0 Å². The molecule has 0 aliphatic rings. The van der Waals surface area contributed by atoms with Crippen LogP contribution in [0.3, 0.4) is 0 Å². The molecule has 9 aromatic rings. The topological polar surface area (TPSA) is 62.7 Å². The summed E-state index contributed by atoms with van der Waals surface area (Å²) in [6.45, 7) is 17.1.